The fraction of sp³-hybridized carbons (Fsp3) is 0.217. The topological polar surface area (TPSA) is 147 Å². The van der Waals surface area contributed by atoms with Crippen molar-refractivity contribution < 1.29 is 31.6 Å². The molecule has 1 unspecified atom stereocenters. The minimum Gasteiger partial charge on any atom is -0.497 e. The zero-order valence-electron chi connectivity index (χ0n) is 19.1. The van der Waals surface area contributed by atoms with Crippen molar-refractivity contribution in [1.29, 1.82) is 0 Å². The minimum absolute atomic E-state index is 0.0159. The second kappa shape index (κ2) is 10.1. The molecule has 12 heteroatoms. The Hall–Kier alpha value is -4.03. The quantitative estimate of drug-likeness (QED) is 0.341. The molecule has 0 aliphatic rings. The maximum atomic E-state index is 12.5. The molecule has 182 valence electrons. The van der Waals surface area contributed by atoms with Crippen molar-refractivity contribution in [1.82, 2.24) is 20.1 Å². The van der Waals surface area contributed by atoms with Crippen molar-refractivity contribution in [2.75, 3.05) is 7.11 Å². The normalized spacial score (nSPS) is 12.3. The monoisotopic (exact) mass is 498 g/mol. The van der Waals surface area contributed by atoms with Crippen LogP contribution in [0.2, 0.25) is 0 Å². The zero-order valence-corrected chi connectivity index (χ0v) is 19.9. The van der Waals surface area contributed by atoms with Crippen LogP contribution in [0.1, 0.15) is 18.6 Å². The summed E-state index contributed by atoms with van der Waals surface area (Å²) in [5.41, 5.74) is 1.88. The first-order valence-corrected chi connectivity index (χ1v) is 11.9. The first-order chi connectivity index (χ1) is 16.8. The Morgan fingerprint density at radius 3 is 2.49 bits per heavy atom. The molecule has 0 bridgehead atoms. The third-order valence-corrected chi connectivity index (χ3v) is 6.54. The molecule has 0 radical (unpaired) electrons. The zero-order chi connectivity index (χ0) is 25.0. The van der Waals surface area contributed by atoms with Crippen molar-refractivity contribution in [2.24, 2.45) is 0 Å². The van der Waals surface area contributed by atoms with E-state index in [1.807, 2.05) is 30.3 Å². The van der Waals surface area contributed by atoms with Crippen LogP contribution in [0.25, 0.3) is 22.7 Å². The van der Waals surface area contributed by atoms with E-state index in [4.69, 9.17) is 18.4 Å². The summed E-state index contributed by atoms with van der Waals surface area (Å²) >= 11 is 0. The van der Waals surface area contributed by atoms with Crippen LogP contribution in [-0.2, 0) is 26.2 Å². The highest BCUT2D eigenvalue weighted by Crippen LogP contribution is 2.33. The van der Waals surface area contributed by atoms with Crippen LogP contribution >= 0.6 is 0 Å². The van der Waals surface area contributed by atoms with Gasteiger partial charge in [0.2, 0.25) is 10.0 Å². The number of carbonyl (C=O) groups excluding carboxylic acids is 1. The predicted molar refractivity (Wildman–Crippen MR) is 123 cm³/mol. The van der Waals surface area contributed by atoms with E-state index >= 15 is 0 Å². The second-order valence-corrected chi connectivity index (χ2v) is 9.17. The van der Waals surface area contributed by atoms with E-state index in [1.165, 1.54) is 38.3 Å². The number of hydrogen-bond acceptors (Lipinski definition) is 10. The lowest BCUT2D eigenvalue weighted by Crippen LogP contribution is -2.39. The predicted octanol–water partition coefficient (Wildman–Crippen LogP) is 3.12. The SMILES string of the molecule is COc1ccc(S(=O)(=O)NC(C)C(=O)OCc2nnc(-c3c(-c4ccccc4)noc3C)o2)cc1. The van der Waals surface area contributed by atoms with Gasteiger partial charge in [-0.25, -0.2) is 8.42 Å². The number of aryl methyl sites for hydroxylation is 1. The average molecular weight is 499 g/mol. The molecule has 1 N–H and O–H groups in total. The fourth-order valence-corrected chi connectivity index (χ4v) is 4.38. The van der Waals surface area contributed by atoms with Crippen LogP contribution in [0.15, 0.2) is 68.4 Å². The van der Waals surface area contributed by atoms with E-state index < -0.39 is 22.0 Å². The van der Waals surface area contributed by atoms with Crippen LogP contribution in [-0.4, -0.2) is 42.9 Å². The van der Waals surface area contributed by atoms with Gasteiger partial charge in [-0.2, -0.15) is 4.72 Å². The van der Waals surface area contributed by atoms with Crippen molar-refractivity contribution >= 4 is 16.0 Å². The number of ether oxygens (including phenoxy) is 2. The number of nitrogens with one attached hydrogen (secondary N) is 1. The molecular formula is C23H22N4O7S. The lowest BCUT2D eigenvalue weighted by atomic mass is 10.1. The number of aromatic nitrogens is 3. The third kappa shape index (κ3) is 5.39. The van der Waals surface area contributed by atoms with Gasteiger partial charge in [-0.05, 0) is 38.1 Å². The summed E-state index contributed by atoms with van der Waals surface area (Å²) in [6.07, 6.45) is 0. The summed E-state index contributed by atoms with van der Waals surface area (Å²) < 4.78 is 48.4. The molecular weight excluding hydrogens is 476 g/mol. The fourth-order valence-electron chi connectivity index (χ4n) is 3.19. The molecule has 35 heavy (non-hydrogen) atoms. The molecule has 11 nitrogen and oxygen atoms in total. The maximum absolute atomic E-state index is 12.5. The van der Waals surface area contributed by atoms with Crippen molar-refractivity contribution in [2.45, 2.75) is 31.4 Å². The molecule has 4 aromatic rings. The van der Waals surface area contributed by atoms with Crippen molar-refractivity contribution in [3.05, 3.63) is 66.2 Å². The average Bonchev–Trinajstić information content (AvgIpc) is 3.49. The van der Waals surface area contributed by atoms with Gasteiger partial charge in [0.05, 0.1) is 12.0 Å². The lowest BCUT2D eigenvalue weighted by molar-refractivity contribution is -0.147. The molecule has 1 atom stereocenters. The van der Waals surface area contributed by atoms with Gasteiger partial charge in [-0.15, -0.1) is 10.2 Å². The van der Waals surface area contributed by atoms with E-state index in [1.54, 1.807) is 6.92 Å². The molecule has 2 aromatic carbocycles. The molecule has 0 aliphatic heterocycles. The van der Waals surface area contributed by atoms with Gasteiger partial charge in [0, 0.05) is 5.56 Å². The summed E-state index contributed by atoms with van der Waals surface area (Å²) in [7, 11) is -2.48. The van der Waals surface area contributed by atoms with E-state index in [9.17, 15) is 13.2 Å². The van der Waals surface area contributed by atoms with Gasteiger partial charge in [0.15, 0.2) is 6.61 Å². The Bertz CT molecular complexity index is 1410. The molecule has 4 rings (SSSR count). The standard InChI is InChI=1S/C23H22N4O7S/c1-14(27-35(29,30)18-11-9-17(31-3)10-12-18)23(28)32-13-19-24-25-22(33-19)20-15(2)34-26-21(20)16-7-5-4-6-8-16/h4-12,14,27H,13H2,1-3H3. The summed E-state index contributed by atoms with van der Waals surface area (Å²) in [4.78, 5) is 12.4. The smallest absolute Gasteiger partial charge is 0.324 e. The molecule has 0 saturated carbocycles. The summed E-state index contributed by atoms with van der Waals surface area (Å²) in [6.45, 7) is 2.75. The first-order valence-electron chi connectivity index (χ1n) is 10.5. The molecule has 0 spiro atoms. The Balaban J connectivity index is 1.40. The summed E-state index contributed by atoms with van der Waals surface area (Å²) in [5, 5.41) is 12.0. The van der Waals surface area contributed by atoms with Gasteiger partial charge in [0.1, 0.15) is 28.8 Å². The number of benzene rings is 2. The van der Waals surface area contributed by atoms with Crippen LogP contribution in [0.3, 0.4) is 0 Å². The van der Waals surface area contributed by atoms with Gasteiger partial charge < -0.3 is 18.4 Å². The molecule has 0 amide bonds. The van der Waals surface area contributed by atoms with E-state index in [0.717, 1.165) is 5.56 Å². The van der Waals surface area contributed by atoms with Gasteiger partial charge in [-0.3, -0.25) is 4.79 Å². The number of hydrogen-bond donors (Lipinski definition) is 1. The largest absolute Gasteiger partial charge is 0.497 e. The summed E-state index contributed by atoms with van der Waals surface area (Å²) in [6, 6.07) is 13.9. The third-order valence-electron chi connectivity index (χ3n) is 4.98. The highest BCUT2D eigenvalue weighted by molar-refractivity contribution is 7.89. The Morgan fingerprint density at radius 1 is 1.09 bits per heavy atom. The summed E-state index contributed by atoms with van der Waals surface area (Å²) in [5.74, 6) is 0.360. The van der Waals surface area contributed by atoms with Crippen LogP contribution in [0.5, 0.6) is 5.75 Å². The number of esters is 1. The highest BCUT2D eigenvalue weighted by atomic mass is 32.2. The van der Waals surface area contributed by atoms with Gasteiger partial charge in [-0.1, -0.05) is 35.5 Å². The first kappa shape index (κ1) is 24.1. The van der Waals surface area contributed by atoms with Crippen molar-refractivity contribution in [3.63, 3.8) is 0 Å². The highest BCUT2D eigenvalue weighted by Gasteiger charge is 2.25. The van der Waals surface area contributed by atoms with Crippen LogP contribution < -0.4 is 9.46 Å². The van der Waals surface area contributed by atoms with Gasteiger partial charge >= 0.3 is 5.97 Å². The van der Waals surface area contributed by atoms with Crippen molar-refractivity contribution in [3.8, 4) is 28.5 Å². The van der Waals surface area contributed by atoms with Crippen LogP contribution in [0, 0.1) is 6.92 Å². The molecule has 0 fully saturated rings. The number of methoxy groups -OCH3 is 1. The number of rotatable bonds is 9. The Morgan fingerprint density at radius 2 is 1.80 bits per heavy atom. The van der Waals surface area contributed by atoms with E-state index in [0.29, 0.717) is 22.8 Å². The lowest BCUT2D eigenvalue weighted by Gasteiger charge is -2.13. The Labute approximate surface area is 201 Å². The Kier molecular flexibility index (Phi) is 6.94. The molecule has 0 saturated heterocycles. The number of carbonyl (C=O) groups is 1. The molecule has 2 aromatic heterocycles. The van der Waals surface area contributed by atoms with Crippen LogP contribution in [0.4, 0.5) is 0 Å². The van der Waals surface area contributed by atoms with Gasteiger partial charge in [0.25, 0.3) is 11.8 Å². The second-order valence-electron chi connectivity index (χ2n) is 7.46. The van der Waals surface area contributed by atoms with E-state index in [2.05, 4.69) is 20.1 Å². The number of sulfonamides is 1. The van der Waals surface area contributed by atoms with E-state index in [-0.39, 0.29) is 23.3 Å². The number of nitrogens with zero attached hydrogens (tertiary/aromatic N) is 3. The molecule has 0 aliphatic carbocycles. The molecule has 2 heterocycles. The minimum atomic E-state index is -3.95. The maximum Gasteiger partial charge on any atom is 0.324 e.